The molecule has 0 fully saturated rings. The number of para-hydroxylation sites is 2. The lowest BCUT2D eigenvalue weighted by Crippen LogP contribution is -2.10. The molecule has 0 N–H and O–H groups in total. The molecule has 2 heterocycles. The van der Waals surface area contributed by atoms with Crippen LogP contribution in [0.2, 0.25) is 0 Å². The Balaban J connectivity index is 1.31. The van der Waals surface area contributed by atoms with Gasteiger partial charge in [-0.15, -0.1) is 0 Å². The van der Waals surface area contributed by atoms with Crippen molar-refractivity contribution in [3.8, 4) is 50.8 Å². The maximum Gasteiger partial charge on any atom is 0.417 e. The van der Waals surface area contributed by atoms with E-state index in [1.165, 1.54) is 23.3 Å². The molecule has 0 atom stereocenters. The van der Waals surface area contributed by atoms with Crippen molar-refractivity contribution in [1.29, 1.82) is 5.26 Å². The minimum atomic E-state index is -4.64. The van der Waals surface area contributed by atoms with E-state index in [-0.39, 0.29) is 11.1 Å². The number of aromatic nitrogens is 2. The Morgan fingerprint density at radius 2 is 0.900 bits per heavy atom. The summed E-state index contributed by atoms with van der Waals surface area (Å²) in [5.74, 6) is 0. The molecule has 8 aromatic carbocycles. The Morgan fingerprint density at radius 1 is 0.433 bits per heavy atom. The number of fused-ring (bicyclic) bond motifs is 6. The zero-order valence-electron chi connectivity index (χ0n) is 33.5. The topological polar surface area (TPSA) is 33.6 Å². The molecule has 0 unspecified atom stereocenters. The molecule has 290 valence electrons. The van der Waals surface area contributed by atoms with Crippen molar-refractivity contribution in [2.45, 2.75) is 33.9 Å². The lowest BCUT2D eigenvalue weighted by Gasteiger charge is -2.22. The largest absolute Gasteiger partial charge is 0.417 e. The summed E-state index contributed by atoms with van der Waals surface area (Å²) in [5, 5.41) is 15.4. The number of nitriles is 1. The predicted molar refractivity (Wildman–Crippen MR) is 240 cm³/mol. The van der Waals surface area contributed by atoms with E-state index in [1.54, 1.807) is 18.2 Å². The van der Waals surface area contributed by atoms with Gasteiger partial charge in [0.1, 0.15) is 11.6 Å². The van der Waals surface area contributed by atoms with Gasteiger partial charge in [-0.05, 0) is 104 Å². The van der Waals surface area contributed by atoms with Gasteiger partial charge in [0.05, 0.1) is 39.0 Å². The summed E-state index contributed by atoms with van der Waals surface area (Å²) < 4.78 is 48.9. The molecule has 0 bridgehead atoms. The second-order valence-electron chi connectivity index (χ2n) is 15.9. The highest BCUT2D eigenvalue weighted by molar-refractivity contribution is 6.13. The zero-order valence-corrected chi connectivity index (χ0v) is 33.5. The van der Waals surface area contributed by atoms with Crippen LogP contribution < -0.4 is 0 Å². The van der Waals surface area contributed by atoms with Crippen molar-refractivity contribution >= 4 is 43.6 Å². The van der Waals surface area contributed by atoms with Gasteiger partial charge in [-0.2, -0.15) is 18.4 Å². The summed E-state index contributed by atoms with van der Waals surface area (Å²) >= 11 is 0. The van der Waals surface area contributed by atoms with Crippen molar-refractivity contribution < 1.29 is 13.2 Å². The number of hydrogen-bond donors (Lipinski definition) is 0. The monoisotopic (exact) mass is 785 g/mol. The first-order chi connectivity index (χ1) is 29.0. The maximum absolute atomic E-state index is 14.9. The van der Waals surface area contributed by atoms with Gasteiger partial charge in [0.25, 0.3) is 0 Å². The molecule has 0 aliphatic rings. The average molecular weight is 786 g/mol. The number of rotatable bonds is 5. The smallest absolute Gasteiger partial charge is 0.308 e. The van der Waals surface area contributed by atoms with Gasteiger partial charge in [0.15, 0.2) is 0 Å². The fraction of sp³-hybridized carbons (Fsp3) is 0.0926. The molecular weight excluding hydrogens is 748 g/mol. The molecule has 0 spiro atoms. The van der Waals surface area contributed by atoms with Crippen LogP contribution in [0.3, 0.4) is 0 Å². The number of alkyl halides is 3. The van der Waals surface area contributed by atoms with E-state index < -0.39 is 11.7 Å². The quantitative estimate of drug-likeness (QED) is 0.171. The van der Waals surface area contributed by atoms with Crippen LogP contribution >= 0.6 is 0 Å². The highest BCUT2D eigenvalue weighted by atomic mass is 19.4. The van der Waals surface area contributed by atoms with E-state index in [0.717, 1.165) is 83.1 Å². The minimum absolute atomic E-state index is 0.00106. The van der Waals surface area contributed by atoms with Crippen LogP contribution in [-0.2, 0) is 6.18 Å². The van der Waals surface area contributed by atoms with E-state index >= 15 is 0 Å². The molecule has 0 amide bonds. The lowest BCUT2D eigenvalue weighted by atomic mass is 9.94. The van der Waals surface area contributed by atoms with Crippen LogP contribution in [0, 0.1) is 39.0 Å². The second-order valence-corrected chi connectivity index (χ2v) is 15.9. The molecule has 0 aliphatic heterocycles. The van der Waals surface area contributed by atoms with E-state index in [2.05, 4.69) is 111 Å². The maximum atomic E-state index is 14.9. The predicted octanol–water partition coefficient (Wildman–Crippen LogP) is 15.0. The second kappa shape index (κ2) is 13.9. The molecule has 10 rings (SSSR count). The molecule has 3 nitrogen and oxygen atoms in total. The first kappa shape index (κ1) is 36.9. The Morgan fingerprint density at radius 3 is 1.43 bits per heavy atom. The first-order valence-electron chi connectivity index (χ1n) is 20.0. The molecule has 0 aliphatic carbocycles. The van der Waals surface area contributed by atoms with E-state index in [1.807, 2.05) is 53.1 Å². The Kier molecular flexibility index (Phi) is 8.55. The molecule has 0 radical (unpaired) electrons. The summed E-state index contributed by atoms with van der Waals surface area (Å²) in [7, 11) is 0. The van der Waals surface area contributed by atoms with Gasteiger partial charge in [0, 0.05) is 27.1 Å². The number of nitrogens with zero attached hydrogens (tertiary/aromatic N) is 3. The van der Waals surface area contributed by atoms with Gasteiger partial charge in [-0.1, -0.05) is 131 Å². The number of benzene rings is 8. The average Bonchev–Trinajstić information content (AvgIpc) is 3.74. The molecule has 2 aromatic heterocycles. The highest BCUT2D eigenvalue weighted by Crippen LogP contribution is 2.46. The third kappa shape index (κ3) is 5.96. The number of aryl methyl sites for hydroxylation is 4. The van der Waals surface area contributed by atoms with Gasteiger partial charge < -0.3 is 9.13 Å². The van der Waals surface area contributed by atoms with Crippen molar-refractivity contribution in [2.24, 2.45) is 0 Å². The van der Waals surface area contributed by atoms with E-state index in [0.29, 0.717) is 16.9 Å². The standard InChI is InChI=1S/C54H38F3N3/c1-32-23-33(2)26-38(25-32)36-17-20-50-44(29-36)41-12-6-9-15-48(41)59(50)52-22-19-43(40-11-5-8-14-47(40)54(55,56)57)53(46(52)31-58)60-49-16-10-7-13-42(49)45-30-37(18-21-51(45)60)39-27-34(3)24-35(4)28-39/h5-30H,1-4H3. The van der Waals surface area contributed by atoms with Crippen molar-refractivity contribution in [3.63, 3.8) is 0 Å². The lowest BCUT2D eigenvalue weighted by molar-refractivity contribution is -0.137. The molecule has 6 heteroatoms. The van der Waals surface area contributed by atoms with Crippen molar-refractivity contribution in [3.05, 3.63) is 191 Å². The van der Waals surface area contributed by atoms with Crippen molar-refractivity contribution in [1.82, 2.24) is 9.13 Å². The van der Waals surface area contributed by atoms with Gasteiger partial charge >= 0.3 is 6.18 Å². The van der Waals surface area contributed by atoms with Crippen LogP contribution in [0.15, 0.2) is 158 Å². The minimum Gasteiger partial charge on any atom is -0.308 e. The Bertz CT molecular complexity index is 3390. The van der Waals surface area contributed by atoms with Crippen LogP contribution in [0.5, 0.6) is 0 Å². The number of halogens is 3. The molecule has 60 heavy (non-hydrogen) atoms. The number of hydrogen-bond acceptors (Lipinski definition) is 1. The van der Waals surface area contributed by atoms with Crippen LogP contribution in [0.4, 0.5) is 13.2 Å². The first-order valence-corrected chi connectivity index (χ1v) is 20.0. The normalized spacial score (nSPS) is 11.9. The van der Waals surface area contributed by atoms with Crippen LogP contribution in [0.25, 0.3) is 88.4 Å². The van der Waals surface area contributed by atoms with Crippen LogP contribution in [-0.4, -0.2) is 9.13 Å². The Labute approximate surface area is 345 Å². The highest BCUT2D eigenvalue weighted by Gasteiger charge is 2.35. The SMILES string of the molecule is Cc1cc(C)cc(-c2ccc3c(c2)c2ccccc2n3-c2ccc(-c3ccccc3C(F)(F)F)c(-n3c4ccccc4c4cc(-c5cc(C)cc(C)c5)ccc43)c2C#N)c1. The summed E-state index contributed by atoms with van der Waals surface area (Å²) in [5.41, 5.74) is 13.1. The third-order valence-electron chi connectivity index (χ3n) is 11.7. The molecular formula is C54H38F3N3. The summed E-state index contributed by atoms with van der Waals surface area (Å²) in [6.07, 6.45) is -4.64. The van der Waals surface area contributed by atoms with Gasteiger partial charge in [-0.25, -0.2) is 0 Å². The van der Waals surface area contributed by atoms with Gasteiger partial charge in [-0.3, -0.25) is 0 Å². The fourth-order valence-corrected chi connectivity index (χ4v) is 9.38. The van der Waals surface area contributed by atoms with E-state index in [9.17, 15) is 18.4 Å². The molecule has 10 aromatic rings. The third-order valence-corrected chi connectivity index (χ3v) is 11.7. The zero-order chi connectivity index (χ0) is 41.4. The molecule has 0 saturated heterocycles. The summed E-state index contributed by atoms with van der Waals surface area (Å²) in [6, 6.07) is 53.4. The summed E-state index contributed by atoms with van der Waals surface area (Å²) in [4.78, 5) is 0. The summed E-state index contributed by atoms with van der Waals surface area (Å²) in [6.45, 7) is 8.36. The van der Waals surface area contributed by atoms with Crippen LogP contribution in [0.1, 0.15) is 33.4 Å². The van der Waals surface area contributed by atoms with E-state index in [4.69, 9.17) is 0 Å². The molecule has 0 saturated carbocycles. The fourth-order valence-electron chi connectivity index (χ4n) is 9.38. The van der Waals surface area contributed by atoms with Gasteiger partial charge in [0.2, 0.25) is 0 Å². The Hall–Kier alpha value is -7.36. The van der Waals surface area contributed by atoms with Crippen molar-refractivity contribution in [2.75, 3.05) is 0 Å².